The van der Waals surface area contributed by atoms with Crippen LogP contribution in [0, 0.1) is 5.92 Å². The van der Waals surface area contributed by atoms with Crippen molar-refractivity contribution in [1.29, 1.82) is 0 Å². The minimum Gasteiger partial charge on any atom is -0.461 e. The van der Waals surface area contributed by atoms with E-state index in [1.54, 1.807) is 6.08 Å². The molecule has 0 aromatic heterocycles. The maximum atomic E-state index is 11.3. The number of carbonyl (C=O) groups excluding carboxylic acids is 1. The van der Waals surface area contributed by atoms with Crippen molar-refractivity contribution in [3.8, 4) is 0 Å². The number of esters is 1. The van der Waals surface area contributed by atoms with Crippen LogP contribution in [0.25, 0.3) is 0 Å². The predicted octanol–water partition coefficient (Wildman–Crippen LogP) is 3.26. The average molecular weight is 208 g/mol. The van der Waals surface area contributed by atoms with Crippen LogP contribution < -0.4 is 0 Å². The average Bonchev–Trinajstić information content (AvgIpc) is 2.23. The Labute approximate surface area is 92.3 Å². The molecule has 84 valence electrons. The van der Waals surface area contributed by atoms with E-state index in [0.717, 1.165) is 12.8 Å². The molecule has 0 aliphatic heterocycles. The van der Waals surface area contributed by atoms with Crippen LogP contribution in [-0.2, 0) is 9.53 Å². The summed E-state index contributed by atoms with van der Waals surface area (Å²) in [5, 5.41) is 0. The number of hydrogen-bond donors (Lipinski definition) is 0. The molecule has 0 saturated heterocycles. The second kappa shape index (κ2) is 9.25. The van der Waals surface area contributed by atoms with E-state index < -0.39 is 0 Å². The summed E-state index contributed by atoms with van der Waals surface area (Å²) in [6, 6.07) is 0. The van der Waals surface area contributed by atoms with Crippen LogP contribution in [0.5, 0.6) is 0 Å². The van der Waals surface area contributed by atoms with Crippen molar-refractivity contribution in [3.63, 3.8) is 0 Å². The van der Waals surface area contributed by atoms with Crippen LogP contribution in [0.15, 0.2) is 37.5 Å². The van der Waals surface area contributed by atoms with Gasteiger partial charge in [-0.1, -0.05) is 37.8 Å². The van der Waals surface area contributed by atoms with E-state index in [2.05, 4.69) is 32.2 Å². The van der Waals surface area contributed by atoms with E-state index in [9.17, 15) is 4.79 Å². The zero-order valence-electron chi connectivity index (χ0n) is 9.45. The van der Waals surface area contributed by atoms with Gasteiger partial charge in [0, 0.05) is 0 Å². The molecule has 0 aliphatic carbocycles. The molecule has 0 N–H and O–H groups in total. The van der Waals surface area contributed by atoms with E-state index in [0.29, 0.717) is 6.42 Å². The van der Waals surface area contributed by atoms with Gasteiger partial charge in [0.25, 0.3) is 0 Å². The molecule has 1 atom stereocenters. The van der Waals surface area contributed by atoms with Crippen molar-refractivity contribution in [2.24, 2.45) is 5.92 Å². The van der Waals surface area contributed by atoms with Crippen LogP contribution in [0.4, 0.5) is 0 Å². The highest BCUT2D eigenvalue weighted by molar-refractivity contribution is 5.70. The molecule has 0 aliphatic rings. The van der Waals surface area contributed by atoms with Gasteiger partial charge in [0.1, 0.15) is 6.61 Å². The van der Waals surface area contributed by atoms with Gasteiger partial charge in [0.05, 0.1) is 6.42 Å². The summed E-state index contributed by atoms with van der Waals surface area (Å²) in [4.78, 5) is 11.3. The third-order valence-corrected chi connectivity index (χ3v) is 1.90. The van der Waals surface area contributed by atoms with Gasteiger partial charge < -0.3 is 4.74 Å². The molecule has 0 heterocycles. The third kappa shape index (κ3) is 7.74. The van der Waals surface area contributed by atoms with Crippen molar-refractivity contribution in [1.82, 2.24) is 0 Å². The molecule has 0 amide bonds. The summed E-state index contributed by atoms with van der Waals surface area (Å²) < 4.78 is 4.92. The Hall–Kier alpha value is -1.31. The molecule has 15 heavy (non-hydrogen) atoms. The molecule has 2 heteroatoms. The second-order valence-electron chi connectivity index (χ2n) is 3.30. The molecule has 0 radical (unpaired) electrons. The first-order chi connectivity index (χ1) is 7.24. The standard InChI is InChI=1S/C13H20O2/c1-4-7-9-12(8-5-2)11-13(14)15-10-6-3/h5-7,9,12H,2-4,8,10-11H2,1H3/b9-7+. The zero-order chi connectivity index (χ0) is 11.5. The van der Waals surface area contributed by atoms with Gasteiger partial charge in [-0.2, -0.15) is 0 Å². The lowest BCUT2D eigenvalue weighted by Crippen LogP contribution is -2.09. The zero-order valence-corrected chi connectivity index (χ0v) is 9.45. The Bertz CT molecular complexity index is 229. The summed E-state index contributed by atoms with van der Waals surface area (Å²) >= 11 is 0. The van der Waals surface area contributed by atoms with Crippen LogP contribution in [0.2, 0.25) is 0 Å². The van der Waals surface area contributed by atoms with Gasteiger partial charge in [-0.05, 0) is 18.8 Å². The fourth-order valence-corrected chi connectivity index (χ4v) is 1.20. The lowest BCUT2D eigenvalue weighted by atomic mass is 10.0. The SMILES string of the molecule is C=CCOC(=O)CC(/C=C/CC)CC=C. The summed E-state index contributed by atoms with van der Waals surface area (Å²) in [5.41, 5.74) is 0. The first-order valence-corrected chi connectivity index (χ1v) is 5.28. The van der Waals surface area contributed by atoms with Crippen LogP contribution >= 0.6 is 0 Å². The summed E-state index contributed by atoms with van der Waals surface area (Å²) in [7, 11) is 0. The molecule has 0 rings (SSSR count). The van der Waals surface area contributed by atoms with Gasteiger partial charge in [0.2, 0.25) is 0 Å². The summed E-state index contributed by atoms with van der Waals surface area (Å²) in [6.45, 7) is 9.52. The molecule has 1 unspecified atom stereocenters. The van der Waals surface area contributed by atoms with Crippen molar-refractivity contribution in [3.05, 3.63) is 37.5 Å². The van der Waals surface area contributed by atoms with E-state index >= 15 is 0 Å². The van der Waals surface area contributed by atoms with Crippen molar-refractivity contribution >= 4 is 5.97 Å². The molecule has 0 saturated carbocycles. The van der Waals surface area contributed by atoms with E-state index in [1.807, 2.05) is 6.08 Å². The third-order valence-electron chi connectivity index (χ3n) is 1.90. The molecule has 0 fully saturated rings. The molecule has 0 spiro atoms. The first-order valence-electron chi connectivity index (χ1n) is 5.28. The maximum absolute atomic E-state index is 11.3. The Morgan fingerprint density at radius 2 is 2.13 bits per heavy atom. The molecule has 0 aromatic carbocycles. The molecule has 0 bridgehead atoms. The first kappa shape index (κ1) is 13.7. The highest BCUT2D eigenvalue weighted by Crippen LogP contribution is 2.12. The molecular formula is C13H20O2. The van der Waals surface area contributed by atoms with Crippen molar-refractivity contribution in [2.45, 2.75) is 26.2 Å². The Morgan fingerprint density at radius 1 is 1.40 bits per heavy atom. The quantitative estimate of drug-likeness (QED) is 0.452. The highest BCUT2D eigenvalue weighted by atomic mass is 16.5. The lowest BCUT2D eigenvalue weighted by Gasteiger charge is -2.09. The number of allylic oxidation sites excluding steroid dienone is 3. The maximum Gasteiger partial charge on any atom is 0.306 e. The minimum atomic E-state index is -0.178. The predicted molar refractivity (Wildman–Crippen MR) is 63.5 cm³/mol. The largest absolute Gasteiger partial charge is 0.461 e. The molecule has 2 nitrogen and oxygen atoms in total. The smallest absolute Gasteiger partial charge is 0.306 e. The normalized spacial score (nSPS) is 12.3. The van der Waals surface area contributed by atoms with Gasteiger partial charge >= 0.3 is 5.97 Å². The minimum absolute atomic E-state index is 0.178. The topological polar surface area (TPSA) is 26.3 Å². The summed E-state index contributed by atoms with van der Waals surface area (Å²) in [6.07, 6.45) is 9.71. The van der Waals surface area contributed by atoms with Gasteiger partial charge in [-0.15, -0.1) is 6.58 Å². The fourth-order valence-electron chi connectivity index (χ4n) is 1.20. The second-order valence-corrected chi connectivity index (χ2v) is 3.30. The number of carbonyl (C=O) groups is 1. The molecule has 0 aromatic rings. The van der Waals surface area contributed by atoms with Gasteiger partial charge in [0.15, 0.2) is 0 Å². The van der Waals surface area contributed by atoms with E-state index in [4.69, 9.17) is 4.74 Å². The van der Waals surface area contributed by atoms with Crippen molar-refractivity contribution < 1.29 is 9.53 Å². The van der Waals surface area contributed by atoms with E-state index in [1.165, 1.54) is 0 Å². The van der Waals surface area contributed by atoms with Gasteiger partial charge in [-0.25, -0.2) is 0 Å². The number of hydrogen-bond acceptors (Lipinski definition) is 2. The Balaban J connectivity index is 4.02. The van der Waals surface area contributed by atoms with Crippen LogP contribution in [0.1, 0.15) is 26.2 Å². The van der Waals surface area contributed by atoms with Crippen LogP contribution in [-0.4, -0.2) is 12.6 Å². The van der Waals surface area contributed by atoms with Crippen LogP contribution in [0.3, 0.4) is 0 Å². The highest BCUT2D eigenvalue weighted by Gasteiger charge is 2.10. The van der Waals surface area contributed by atoms with E-state index in [-0.39, 0.29) is 18.5 Å². The van der Waals surface area contributed by atoms with Crippen molar-refractivity contribution in [2.75, 3.05) is 6.61 Å². The number of rotatable bonds is 8. The monoisotopic (exact) mass is 208 g/mol. The number of ether oxygens (including phenoxy) is 1. The Kier molecular flexibility index (Phi) is 8.44. The lowest BCUT2D eigenvalue weighted by molar-refractivity contribution is -0.143. The Morgan fingerprint density at radius 3 is 2.67 bits per heavy atom. The fraction of sp³-hybridized carbons (Fsp3) is 0.462. The van der Waals surface area contributed by atoms with Gasteiger partial charge in [-0.3, -0.25) is 4.79 Å². The molecular weight excluding hydrogens is 188 g/mol. The summed E-state index contributed by atoms with van der Waals surface area (Å²) in [5.74, 6) is 0.0299.